The largest absolute Gasteiger partial charge is 0.493 e. The van der Waals surface area contributed by atoms with Crippen molar-refractivity contribution in [3.05, 3.63) is 53.1 Å². The molecule has 4 nitrogen and oxygen atoms in total. The van der Waals surface area contributed by atoms with Crippen molar-refractivity contribution in [2.45, 2.75) is 32.2 Å². The van der Waals surface area contributed by atoms with Crippen LogP contribution in [0.2, 0.25) is 0 Å². The maximum Gasteiger partial charge on any atom is 0.136 e. The van der Waals surface area contributed by atoms with Gasteiger partial charge in [-0.05, 0) is 26.3 Å². The Kier molecular flexibility index (Phi) is 3.40. The summed E-state index contributed by atoms with van der Waals surface area (Å²) < 4.78 is 5.69. The number of aryl methyl sites for hydroxylation is 1. The molecular formula is C16H19N3O. The Morgan fingerprint density at radius 2 is 2.15 bits per heavy atom. The molecule has 1 aliphatic heterocycles. The highest BCUT2D eigenvalue weighted by molar-refractivity contribution is 5.41. The van der Waals surface area contributed by atoms with Crippen LogP contribution in [0.15, 0.2) is 30.5 Å². The first kappa shape index (κ1) is 13.1. The first-order chi connectivity index (χ1) is 9.66. The lowest BCUT2D eigenvalue weighted by Gasteiger charge is -2.25. The van der Waals surface area contributed by atoms with Gasteiger partial charge in [-0.2, -0.15) is 0 Å². The second kappa shape index (κ2) is 5.21. The highest BCUT2D eigenvalue weighted by atomic mass is 16.5. The number of hydrogen-bond donors (Lipinski definition) is 1. The molecule has 1 aromatic heterocycles. The van der Waals surface area contributed by atoms with Gasteiger partial charge in [0.05, 0.1) is 12.5 Å². The smallest absolute Gasteiger partial charge is 0.136 e. The monoisotopic (exact) mass is 269 g/mol. The van der Waals surface area contributed by atoms with Gasteiger partial charge in [0.15, 0.2) is 0 Å². The Bertz CT molecular complexity index is 625. The predicted molar refractivity (Wildman–Crippen MR) is 77.8 cm³/mol. The van der Waals surface area contributed by atoms with Gasteiger partial charge in [0.1, 0.15) is 11.6 Å². The fraction of sp³-hybridized carbons (Fsp3) is 0.375. The quantitative estimate of drug-likeness (QED) is 0.910. The van der Waals surface area contributed by atoms with Crippen LogP contribution in [0.4, 0.5) is 0 Å². The summed E-state index contributed by atoms with van der Waals surface area (Å²) in [5.74, 6) is 2.02. The van der Waals surface area contributed by atoms with Crippen molar-refractivity contribution in [3.63, 3.8) is 0 Å². The Hall–Kier alpha value is -1.94. The molecule has 20 heavy (non-hydrogen) atoms. The normalized spacial score (nSPS) is 19.1. The van der Waals surface area contributed by atoms with Crippen LogP contribution in [0.1, 0.15) is 47.9 Å². The molecule has 0 saturated carbocycles. The number of nitrogens with two attached hydrogens (primary N) is 1. The molecule has 2 unspecified atom stereocenters. The van der Waals surface area contributed by atoms with Crippen molar-refractivity contribution in [3.8, 4) is 5.75 Å². The van der Waals surface area contributed by atoms with Gasteiger partial charge in [-0.25, -0.2) is 9.97 Å². The van der Waals surface area contributed by atoms with E-state index >= 15 is 0 Å². The Balaban J connectivity index is 2.00. The van der Waals surface area contributed by atoms with E-state index in [1.165, 1.54) is 5.56 Å². The van der Waals surface area contributed by atoms with Gasteiger partial charge < -0.3 is 10.5 Å². The highest BCUT2D eigenvalue weighted by Gasteiger charge is 2.25. The van der Waals surface area contributed by atoms with Crippen molar-refractivity contribution in [2.24, 2.45) is 5.73 Å². The van der Waals surface area contributed by atoms with Gasteiger partial charge in [0.2, 0.25) is 0 Å². The molecule has 0 amide bonds. The second-order valence-electron chi connectivity index (χ2n) is 5.29. The molecule has 0 radical (unpaired) electrons. The van der Waals surface area contributed by atoms with E-state index in [0.717, 1.165) is 29.3 Å². The standard InChI is InChI=1S/C16H19N3O/c1-10(17)14-9-18-16(19-11(14)2)13-7-8-20-15-6-4-3-5-12(13)15/h3-6,9-10,13H,7-8,17H2,1-2H3. The summed E-state index contributed by atoms with van der Waals surface area (Å²) in [5.41, 5.74) is 9.07. The van der Waals surface area contributed by atoms with Crippen molar-refractivity contribution in [2.75, 3.05) is 6.61 Å². The van der Waals surface area contributed by atoms with Crippen LogP contribution in [-0.2, 0) is 0 Å². The van der Waals surface area contributed by atoms with Gasteiger partial charge in [-0.15, -0.1) is 0 Å². The van der Waals surface area contributed by atoms with E-state index in [0.29, 0.717) is 6.61 Å². The van der Waals surface area contributed by atoms with Crippen molar-refractivity contribution in [1.29, 1.82) is 0 Å². The summed E-state index contributed by atoms with van der Waals surface area (Å²) >= 11 is 0. The minimum absolute atomic E-state index is 0.0361. The third-order valence-electron chi connectivity index (χ3n) is 3.80. The lowest BCUT2D eigenvalue weighted by molar-refractivity contribution is 0.274. The minimum atomic E-state index is -0.0361. The molecule has 0 fully saturated rings. The van der Waals surface area contributed by atoms with Crippen LogP contribution in [0.25, 0.3) is 0 Å². The predicted octanol–water partition coefficient (Wildman–Crippen LogP) is 2.72. The third kappa shape index (κ3) is 2.27. The molecule has 4 heteroatoms. The summed E-state index contributed by atoms with van der Waals surface area (Å²) in [6.07, 6.45) is 2.77. The van der Waals surface area contributed by atoms with E-state index in [-0.39, 0.29) is 12.0 Å². The third-order valence-corrected chi connectivity index (χ3v) is 3.80. The maximum atomic E-state index is 5.92. The topological polar surface area (TPSA) is 61.0 Å². The average molecular weight is 269 g/mol. The Morgan fingerprint density at radius 3 is 2.90 bits per heavy atom. The van der Waals surface area contributed by atoms with Crippen LogP contribution in [-0.4, -0.2) is 16.6 Å². The molecule has 2 atom stereocenters. The molecule has 104 valence electrons. The molecule has 0 bridgehead atoms. The summed E-state index contributed by atoms with van der Waals surface area (Å²) in [6.45, 7) is 4.66. The van der Waals surface area contributed by atoms with Gasteiger partial charge in [-0.1, -0.05) is 18.2 Å². The minimum Gasteiger partial charge on any atom is -0.493 e. The van der Waals surface area contributed by atoms with E-state index in [1.54, 1.807) is 0 Å². The molecule has 2 N–H and O–H groups in total. The maximum absolute atomic E-state index is 5.92. The van der Waals surface area contributed by atoms with Crippen LogP contribution in [0, 0.1) is 6.92 Å². The van der Waals surface area contributed by atoms with E-state index in [9.17, 15) is 0 Å². The van der Waals surface area contributed by atoms with Crippen LogP contribution in [0.5, 0.6) is 5.75 Å². The van der Waals surface area contributed by atoms with Crippen LogP contribution in [0.3, 0.4) is 0 Å². The number of rotatable bonds is 2. The number of aromatic nitrogens is 2. The van der Waals surface area contributed by atoms with Gasteiger partial charge in [0.25, 0.3) is 0 Å². The van der Waals surface area contributed by atoms with Gasteiger partial charge >= 0.3 is 0 Å². The number of para-hydroxylation sites is 1. The van der Waals surface area contributed by atoms with Gasteiger partial charge in [-0.3, -0.25) is 0 Å². The van der Waals surface area contributed by atoms with Crippen LogP contribution >= 0.6 is 0 Å². The first-order valence-corrected chi connectivity index (χ1v) is 6.97. The van der Waals surface area contributed by atoms with E-state index in [2.05, 4.69) is 16.0 Å². The summed E-state index contributed by atoms with van der Waals surface area (Å²) in [6, 6.07) is 8.09. The molecule has 3 rings (SSSR count). The Morgan fingerprint density at radius 1 is 1.35 bits per heavy atom. The van der Waals surface area contributed by atoms with E-state index < -0.39 is 0 Å². The zero-order chi connectivity index (χ0) is 14.1. The lowest BCUT2D eigenvalue weighted by Crippen LogP contribution is -2.18. The first-order valence-electron chi connectivity index (χ1n) is 6.97. The highest BCUT2D eigenvalue weighted by Crippen LogP contribution is 2.36. The average Bonchev–Trinajstić information content (AvgIpc) is 2.46. The number of nitrogens with zero attached hydrogens (tertiary/aromatic N) is 2. The fourth-order valence-electron chi connectivity index (χ4n) is 2.72. The van der Waals surface area contributed by atoms with Gasteiger partial charge in [0, 0.05) is 29.1 Å². The fourth-order valence-corrected chi connectivity index (χ4v) is 2.72. The zero-order valence-electron chi connectivity index (χ0n) is 11.8. The molecule has 2 aromatic rings. The van der Waals surface area contributed by atoms with Crippen LogP contribution < -0.4 is 10.5 Å². The number of benzene rings is 1. The Labute approximate surface area is 119 Å². The molecule has 2 heterocycles. The van der Waals surface area contributed by atoms with E-state index in [4.69, 9.17) is 10.5 Å². The number of hydrogen-bond acceptors (Lipinski definition) is 4. The summed E-state index contributed by atoms with van der Waals surface area (Å²) in [4.78, 5) is 9.21. The molecule has 1 aliphatic rings. The molecule has 0 saturated heterocycles. The molecule has 1 aromatic carbocycles. The molecular weight excluding hydrogens is 250 g/mol. The summed E-state index contributed by atoms with van der Waals surface area (Å²) in [7, 11) is 0. The summed E-state index contributed by atoms with van der Waals surface area (Å²) in [5, 5.41) is 0. The van der Waals surface area contributed by atoms with Crippen molar-refractivity contribution in [1.82, 2.24) is 9.97 Å². The molecule has 0 spiro atoms. The van der Waals surface area contributed by atoms with E-state index in [1.807, 2.05) is 38.2 Å². The van der Waals surface area contributed by atoms with Crippen molar-refractivity contribution < 1.29 is 4.74 Å². The zero-order valence-corrected chi connectivity index (χ0v) is 11.8. The number of ether oxygens (including phenoxy) is 1. The lowest BCUT2D eigenvalue weighted by atomic mass is 9.92. The molecule has 0 aliphatic carbocycles. The van der Waals surface area contributed by atoms with Crippen molar-refractivity contribution >= 4 is 0 Å². The number of fused-ring (bicyclic) bond motifs is 1. The second-order valence-corrected chi connectivity index (χ2v) is 5.29. The SMILES string of the molecule is Cc1nc(C2CCOc3ccccc32)ncc1C(C)N.